The van der Waals surface area contributed by atoms with E-state index in [1.54, 1.807) is 12.1 Å². The summed E-state index contributed by atoms with van der Waals surface area (Å²) in [6.07, 6.45) is 0. The van der Waals surface area contributed by atoms with Gasteiger partial charge in [0, 0.05) is 18.2 Å². The molecule has 1 aromatic rings. The molecule has 2 nitrogen and oxygen atoms in total. The van der Waals surface area contributed by atoms with Gasteiger partial charge in [-0.3, -0.25) is 0 Å². The molecule has 0 aliphatic heterocycles. The van der Waals surface area contributed by atoms with Gasteiger partial charge in [-0.2, -0.15) is 0 Å². The van der Waals surface area contributed by atoms with E-state index in [1.807, 2.05) is 19.0 Å². The Labute approximate surface area is 88.7 Å². The van der Waals surface area contributed by atoms with Crippen molar-refractivity contribution < 1.29 is 8.78 Å². The lowest BCUT2D eigenvalue weighted by Gasteiger charge is -2.18. The minimum Gasteiger partial charge on any atom is -0.323 e. The van der Waals surface area contributed by atoms with Crippen LogP contribution in [0.15, 0.2) is 12.1 Å². The Morgan fingerprint density at radius 1 is 1.27 bits per heavy atom. The molecule has 1 rings (SSSR count). The maximum atomic E-state index is 13.5. The Morgan fingerprint density at radius 3 is 2.40 bits per heavy atom. The van der Waals surface area contributed by atoms with Gasteiger partial charge in [0.25, 0.3) is 0 Å². The Balaban J connectivity index is 3.00. The molecule has 0 amide bonds. The van der Waals surface area contributed by atoms with Crippen molar-refractivity contribution in [3.05, 3.63) is 34.9 Å². The van der Waals surface area contributed by atoms with Gasteiger partial charge in [0.1, 0.15) is 0 Å². The third-order valence-corrected chi connectivity index (χ3v) is 2.27. The predicted molar refractivity (Wildman–Crippen MR) is 56.6 cm³/mol. The van der Waals surface area contributed by atoms with Crippen LogP contribution < -0.4 is 5.73 Å². The number of likely N-dealkylation sites (N-methyl/N-ethyl adjacent to an activating group) is 1. The highest BCUT2D eigenvalue weighted by Crippen LogP contribution is 2.20. The Bertz CT molecular complexity index is 351. The molecule has 0 saturated heterocycles. The van der Waals surface area contributed by atoms with Crippen molar-refractivity contribution in [2.24, 2.45) is 5.73 Å². The van der Waals surface area contributed by atoms with Gasteiger partial charge in [-0.1, -0.05) is 12.1 Å². The number of hydrogen-bond donors (Lipinski definition) is 1. The summed E-state index contributed by atoms with van der Waals surface area (Å²) < 4.78 is 26.7. The fourth-order valence-electron chi connectivity index (χ4n) is 1.44. The van der Waals surface area contributed by atoms with Crippen LogP contribution in [0, 0.1) is 18.6 Å². The maximum absolute atomic E-state index is 13.5. The lowest BCUT2D eigenvalue weighted by atomic mass is 10.0. The molecule has 0 aliphatic carbocycles. The molecule has 0 spiro atoms. The summed E-state index contributed by atoms with van der Waals surface area (Å²) in [5, 5.41) is 0. The molecule has 0 bridgehead atoms. The van der Waals surface area contributed by atoms with Crippen LogP contribution in [0.25, 0.3) is 0 Å². The number of rotatable bonds is 3. The third kappa shape index (κ3) is 2.73. The van der Waals surface area contributed by atoms with E-state index < -0.39 is 17.7 Å². The summed E-state index contributed by atoms with van der Waals surface area (Å²) in [7, 11) is 3.67. The largest absolute Gasteiger partial charge is 0.323 e. The summed E-state index contributed by atoms with van der Waals surface area (Å²) >= 11 is 0. The van der Waals surface area contributed by atoms with Gasteiger partial charge < -0.3 is 10.6 Å². The summed E-state index contributed by atoms with van der Waals surface area (Å²) in [4.78, 5) is 1.84. The van der Waals surface area contributed by atoms with Gasteiger partial charge in [0.05, 0.1) is 0 Å². The van der Waals surface area contributed by atoms with Crippen molar-refractivity contribution in [2.75, 3.05) is 20.6 Å². The zero-order chi connectivity index (χ0) is 11.6. The van der Waals surface area contributed by atoms with E-state index >= 15 is 0 Å². The van der Waals surface area contributed by atoms with Crippen LogP contribution in [0.5, 0.6) is 0 Å². The van der Waals surface area contributed by atoms with Crippen LogP contribution in [0.2, 0.25) is 0 Å². The highest BCUT2D eigenvalue weighted by Gasteiger charge is 2.16. The molecule has 0 saturated carbocycles. The fraction of sp³-hybridized carbons (Fsp3) is 0.455. The van der Waals surface area contributed by atoms with Crippen LogP contribution in [-0.2, 0) is 0 Å². The fourth-order valence-corrected chi connectivity index (χ4v) is 1.44. The minimum absolute atomic E-state index is 0.229. The zero-order valence-electron chi connectivity index (χ0n) is 9.22. The van der Waals surface area contributed by atoms with Gasteiger partial charge >= 0.3 is 0 Å². The monoisotopic (exact) mass is 214 g/mol. The molecule has 0 aliphatic rings. The topological polar surface area (TPSA) is 29.3 Å². The number of halogens is 2. The molecule has 0 aromatic heterocycles. The molecular formula is C11H16F2N2. The summed E-state index contributed by atoms with van der Waals surface area (Å²) in [5.41, 5.74) is 6.30. The first-order chi connectivity index (χ1) is 6.93. The summed E-state index contributed by atoms with van der Waals surface area (Å²) in [6, 6.07) is 2.58. The van der Waals surface area contributed by atoms with Crippen molar-refractivity contribution in [2.45, 2.75) is 13.0 Å². The predicted octanol–water partition coefficient (Wildman–Crippen LogP) is 1.83. The SMILES string of the molecule is Cc1ccc(C(N)CN(C)C)c(F)c1F. The first kappa shape index (κ1) is 12.1. The second kappa shape index (κ2) is 4.68. The zero-order valence-corrected chi connectivity index (χ0v) is 9.22. The van der Waals surface area contributed by atoms with E-state index in [2.05, 4.69) is 0 Å². The van der Waals surface area contributed by atoms with E-state index in [1.165, 1.54) is 6.92 Å². The summed E-state index contributed by atoms with van der Waals surface area (Å²) in [5.74, 6) is -1.63. The highest BCUT2D eigenvalue weighted by molar-refractivity contribution is 5.27. The van der Waals surface area contributed by atoms with Crippen molar-refractivity contribution in [1.82, 2.24) is 4.90 Å². The van der Waals surface area contributed by atoms with Gasteiger partial charge in [-0.05, 0) is 26.6 Å². The smallest absolute Gasteiger partial charge is 0.163 e. The maximum Gasteiger partial charge on any atom is 0.163 e. The molecule has 0 radical (unpaired) electrons. The molecule has 15 heavy (non-hydrogen) atoms. The molecule has 0 heterocycles. The van der Waals surface area contributed by atoms with E-state index in [0.29, 0.717) is 12.1 Å². The number of benzene rings is 1. The van der Waals surface area contributed by atoms with Gasteiger partial charge in [-0.25, -0.2) is 8.78 Å². The van der Waals surface area contributed by atoms with Crippen molar-refractivity contribution in [3.63, 3.8) is 0 Å². The second-order valence-corrected chi connectivity index (χ2v) is 3.97. The Morgan fingerprint density at radius 2 is 1.87 bits per heavy atom. The number of nitrogens with zero attached hydrogens (tertiary/aromatic N) is 1. The number of aryl methyl sites for hydroxylation is 1. The first-order valence-electron chi connectivity index (χ1n) is 4.78. The molecule has 1 unspecified atom stereocenters. The van der Waals surface area contributed by atoms with Crippen LogP contribution in [0.1, 0.15) is 17.2 Å². The Kier molecular flexibility index (Phi) is 3.77. The van der Waals surface area contributed by atoms with E-state index in [0.717, 1.165) is 0 Å². The third-order valence-electron chi connectivity index (χ3n) is 2.27. The standard InChI is InChI=1S/C11H16F2N2/c1-7-4-5-8(11(13)10(7)12)9(14)6-15(2)3/h4-5,9H,6,14H2,1-3H3. The number of nitrogens with two attached hydrogens (primary N) is 1. The van der Waals surface area contributed by atoms with Crippen LogP contribution in [0.4, 0.5) is 8.78 Å². The second-order valence-electron chi connectivity index (χ2n) is 3.97. The van der Waals surface area contributed by atoms with E-state index in [4.69, 9.17) is 5.73 Å². The minimum atomic E-state index is -0.829. The lowest BCUT2D eigenvalue weighted by molar-refractivity contribution is 0.368. The first-order valence-corrected chi connectivity index (χ1v) is 4.78. The van der Waals surface area contributed by atoms with E-state index in [-0.39, 0.29) is 5.56 Å². The van der Waals surface area contributed by atoms with Gasteiger partial charge in [0.2, 0.25) is 0 Å². The van der Waals surface area contributed by atoms with Crippen LogP contribution in [0.3, 0.4) is 0 Å². The van der Waals surface area contributed by atoms with Crippen LogP contribution in [-0.4, -0.2) is 25.5 Å². The van der Waals surface area contributed by atoms with Crippen molar-refractivity contribution in [1.29, 1.82) is 0 Å². The molecular weight excluding hydrogens is 198 g/mol. The quantitative estimate of drug-likeness (QED) is 0.831. The molecule has 1 atom stereocenters. The summed E-state index contributed by atoms with van der Waals surface area (Å²) in [6.45, 7) is 2.01. The normalized spacial score (nSPS) is 13.3. The van der Waals surface area contributed by atoms with Crippen molar-refractivity contribution >= 4 is 0 Å². The average molecular weight is 214 g/mol. The van der Waals surface area contributed by atoms with Crippen LogP contribution >= 0.6 is 0 Å². The average Bonchev–Trinajstić information content (AvgIpc) is 2.13. The molecule has 84 valence electrons. The van der Waals surface area contributed by atoms with Gasteiger partial charge in [0.15, 0.2) is 11.6 Å². The lowest BCUT2D eigenvalue weighted by Crippen LogP contribution is -2.27. The van der Waals surface area contributed by atoms with E-state index in [9.17, 15) is 8.78 Å². The molecule has 0 fully saturated rings. The Hall–Kier alpha value is -1.00. The molecule has 4 heteroatoms. The molecule has 1 aromatic carbocycles. The molecule has 2 N–H and O–H groups in total. The van der Waals surface area contributed by atoms with Crippen molar-refractivity contribution in [3.8, 4) is 0 Å². The highest BCUT2D eigenvalue weighted by atomic mass is 19.2. The number of hydrogen-bond acceptors (Lipinski definition) is 2. The van der Waals surface area contributed by atoms with Gasteiger partial charge in [-0.15, -0.1) is 0 Å².